The van der Waals surface area contributed by atoms with E-state index in [0.717, 1.165) is 18.9 Å². The smallest absolute Gasteiger partial charge is 0.152 e. The molecule has 5 nitrogen and oxygen atoms in total. The molecular weight excluding hydrogens is 328 g/mol. The van der Waals surface area contributed by atoms with Crippen LogP contribution >= 0.6 is 0 Å². The number of anilines is 3. The number of aldehydes is 3. The number of rotatable bonds is 7. The Hall–Kier alpha value is -3.73. The van der Waals surface area contributed by atoms with Gasteiger partial charge in [-0.25, -0.2) is 0 Å². The Balaban J connectivity index is 2.17. The van der Waals surface area contributed by atoms with Crippen LogP contribution < -0.4 is 10.4 Å². The molecule has 0 aliphatic carbocycles. The van der Waals surface area contributed by atoms with Gasteiger partial charge in [-0.2, -0.15) is 0 Å². The van der Waals surface area contributed by atoms with Crippen LogP contribution in [0, 0.1) is 0 Å². The summed E-state index contributed by atoms with van der Waals surface area (Å²) < 4.78 is 0. The summed E-state index contributed by atoms with van der Waals surface area (Å²) in [4.78, 5) is 34.4. The average molecular weight is 344 g/mol. The van der Waals surface area contributed by atoms with Gasteiger partial charge in [-0.15, -0.1) is 0 Å². The number of para-hydroxylation sites is 3. The van der Waals surface area contributed by atoms with Gasteiger partial charge in [-0.1, -0.05) is 36.4 Å². The fourth-order valence-electron chi connectivity index (χ4n) is 2.65. The van der Waals surface area contributed by atoms with E-state index in [1.165, 1.54) is 0 Å². The number of benzene rings is 3. The molecule has 0 aliphatic heterocycles. The average Bonchev–Trinajstić information content (AvgIpc) is 2.72. The molecule has 0 atom stereocenters. The number of hydrogen-bond acceptors (Lipinski definition) is 5. The molecule has 3 aromatic carbocycles. The van der Waals surface area contributed by atoms with Gasteiger partial charge in [-0.3, -0.25) is 24.8 Å². The zero-order valence-electron chi connectivity index (χ0n) is 13.8. The normalized spacial score (nSPS) is 10.0. The van der Waals surface area contributed by atoms with E-state index in [-0.39, 0.29) is 0 Å². The van der Waals surface area contributed by atoms with Crippen LogP contribution in [0.3, 0.4) is 0 Å². The fourth-order valence-corrected chi connectivity index (χ4v) is 2.65. The summed E-state index contributed by atoms with van der Waals surface area (Å²) in [6.07, 6.45) is 2.25. The minimum Gasteiger partial charge on any atom is -0.298 e. The summed E-state index contributed by atoms with van der Waals surface area (Å²) >= 11 is 0. The third kappa shape index (κ3) is 3.37. The highest BCUT2D eigenvalue weighted by atomic mass is 16.1. The number of nitrogens with one attached hydrogen (secondary N) is 1. The maximum absolute atomic E-state index is 11.5. The van der Waals surface area contributed by atoms with Crippen LogP contribution in [0.2, 0.25) is 0 Å². The van der Waals surface area contributed by atoms with Crippen LogP contribution in [-0.4, -0.2) is 18.9 Å². The summed E-state index contributed by atoms with van der Waals surface area (Å²) in [5, 5.41) is 1.63. The van der Waals surface area contributed by atoms with Crippen molar-refractivity contribution in [2.24, 2.45) is 0 Å². The van der Waals surface area contributed by atoms with E-state index in [0.29, 0.717) is 33.8 Å². The predicted molar refractivity (Wildman–Crippen MR) is 101 cm³/mol. The lowest BCUT2D eigenvalue weighted by atomic mass is 10.1. The van der Waals surface area contributed by atoms with E-state index in [2.05, 4.69) is 5.43 Å². The van der Waals surface area contributed by atoms with Gasteiger partial charge in [0.1, 0.15) is 0 Å². The van der Waals surface area contributed by atoms with Gasteiger partial charge < -0.3 is 0 Å². The zero-order chi connectivity index (χ0) is 18.4. The molecule has 0 spiro atoms. The number of carbonyl (C=O) groups excluding carboxylic acids is 3. The fraction of sp³-hybridized carbons (Fsp3) is 0. The summed E-state index contributed by atoms with van der Waals surface area (Å²) in [5.41, 5.74) is 6.22. The van der Waals surface area contributed by atoms with Crippen molar-refractivity contribution in [2.75, 3.05) is 10.4 Å². The summed E-state index contributed by atoms with van der Waals surface area (Å²) in [5.74, 6) is 0. The maximum atomic E-state index is 11.5. The molecule has 3 rings (SSSR count). The molecule has 0 heterocycles. The third-order valence-electron chi connectivity index (χ3n) is 3.93. The largest absolute Gasteiger partial charge is 0.298 e. The molecule has 0 aromatic heterocycles. The topological polar surface area (TPSA) is 66.5 Å². The van der Waals surface area contributed by atoms with Crippen LogP contribution in [0.25, 0.3) is 0 Å². The van der Waals surface area contributed by atoms with Crippen molar-refractivity contribution in [1.29, 1.82) is 0 Å². The summed E-state index contributed by atoms with van der Waals surface area (Å²) in [6.45, 7) is 0. The molecule has 0 unspecified atom stereocenters. The van der Waals surface area contributed by atoms with E-state index < -0.39 is 0 Å². The predicted octanol–water partition coefficient (Wildman–Crippen LogP) is 4.29. The van der Waals surface area contributed by atoms with E-state index >= 15 is 0 Å². The second-order valence-electron chi connectivity index (χ2n) is 5.51. The highest BCUT2D eigenvalue weighted by Gasteiger charge is 2.17. The van der Waals surface area contributed by atoms with Gasteiger partial charge in [-0.05, 0) is 36.4 Å². The third-order valence-corrected chi connectivity index (χ3v) is 3.93. The van der Waals surface area contributed by atoms with Crippen molar-refractivity contribution in [3.05, 3.63) is 89.5 Å². The molecule has 0 radical (unpaired) electrons. The quantitative estimate of drug-likeness (QED) is 0.511. The Labute approximate surface area is 150 Å². The Kier molecular flexibility index (Phi) is 5.19. The number of hydrazine groups is 1. The van der Waals surface area contributed by atoms with Crippen molar-refractivity contribution in [1.82, 2.24) is 0 Å². The lowest BCUT2D eigenvalue weighted by molar-refractivity contribution is 0.111. The molecule has 0 aliphatic rings. The second kappa shape index (κ2) is 7.90. The molecule has 0 saturated heterocycles. The Morgan fingerprint density at radius 3 is 1.50 bits per heavy atom. The molecule has 26 heavy (non-hydrogen) atoms. The lowest BCUT2D eigenvalue weighted by Crippen LogP contribution is -2.27. The summed E-state index contributed by atoms with van der Waals surface area (Å²) in [6, 6.07) is 21.0. The molecule has 3 aromatic rings. The number of carbonyl (C=O) groups is 3. The van der Waals surface area contributed by atoms with Gasteiger partial charge in [0.25, 0.3) is 0 Å². The first-order valence-corrected chi connectivity index (χ1v) is 7.98. The van der Waals surface area contributed by atoms with Crippen LogP contribution in [0.4, 0.5) is 17.1 Å². The molecule has 1 N–H and O–H groups in total. The first kappa shape index (κ1) is 17.1. The minimum absolute atomic E-state index is 0.448. The number of hydrogen-bond donors (Lipinski definition) is 1. The van der Waals surface area contributed by atoms with Gasteiger partial charge in [0, 0.05) is 16.7 Å². The van der Waals surface area contributed by atoms with Crippen molar-refractivity contribution in [3.8, 4) is 0 Å². The lowest BCUT2D eigenvalue weighted by Gasteiger charge is -2.29. The van der Waals surface area contributed by atoms with Crippen LogP contribution in [0.1, 0.15) is 31.1 Å². The van der Waals surface area contributed by atoms with Crippen LogP contribution in [-0.2, 0) is 0 Å². The molecule has 0 fully saturated rings. The highest BCUT2D eigenvalue weighted by Crippen LogP contribution is 2.31. The van der Waals surface area contributed by atoms with E-state index in [4.69, 9.17) is 0 Å². The first-order chi connectivity index (χ1) is 12.8. The maximum Gasteiger partial charge on any atom is 0.152 e. The van der Waals surface area contributed by atoms with Crippen LogP contribution in [0.5, 0.6) is 0 Å². The molecule has 0 saturated carbocycles. The van der Waals surface area contributed by atoms with Gasteiger partial charge in [0.15, 0.2) is 18.9 Å². The Morgan fingerprint density at radius 1 is 0.577 bits per heavy atom. The molecule has 128 valence electrons. The van der Waals surface area contributed by atoms with Crippen molar-refractivity contribution in [3.63, 3.8) is 0 Å². The Morgan fingerprint density at radius 2 is 1.00 bits per heavy atom. The van der Waals surface area contributed by atoms with Gasteiger partial charge in [0.2, 0.25) is 0 Å². The minimum atomic E-state index is 0.448. The van der Waals surface area contributed by atoms with E-state index in [9.17, 15) is 14.4 Å². The standard InChI is InChI=1S/C21H16N2O3/c24-13-16-7-1-4-10-19(16)22-23(20-11-5-2-8-17(20)14-25)21-12-6-3-9-18(21)15-26/h1-15,22H. The van der Waals surface area contributed by atoms with Gasteiger partial charge in [0.05, 0.1) is 17.1 Å². The number of nitrogens with zero attached hydrogens (tertiary/aromatic N) is 1. The molecule has 5 heteroatoms. The van der Waals surface area contributed by atoms with E-state index in [1.54, 1.807) is 77.8 Å². The van der Waals surface area contributed by atoms with Gasteiger partial charge >= 0.3 is 0 Å². The Bertz CT molecular complexity index is 902. The van der Waals surface area contributed by atoms with E-state index in [1.807, 2.05) is 0 Å². The molecular formula is C21H16N2O3. The van der Waals surface area contributed by atoms with Crippen molar-refractivity contribution < 1.29 is 14.4 Å². The molecule has 0 amide bonds. The highest BCUT2D eigenvalue weighted by molar-refractivity contribution is 5.93. The summed E-state index contributed by atoms with van der Waals surface area (Å²) in [7, 11) is 0. The first-order valence-electron chi connectivity index (χ1n) is 7.98. The van der Waals surface area contributed by atoms with Crippen LogP contribution in [0.15, 0.2) is 72.8 Å². The van der Waals surface area contributed by atoms with Crippen molar-refractivity contribution in [2.45, 2.75) is 0 Å². The van der Waals surface area contributed by atoms with Crippen molar-refractivity contribution >= 4 is 35.9 Å². The monoisotopic (exact) mass is 344 g/mol. The molecule has 0 bridgehead atoms. The second-order valence-corrected chi connectivity index (χ2v) is 5.51. The zero-order valence-corrected chi connectivity index (χ0v) is 13.8. The SMILES string of the molecule is O=Cc1ccccc1NN(c1ccccc1C=O)c1ccccc1C=O.